The van der Waals surface area contributed by atoms with E-state index in [1.165, 1.54) is 10.4 Å². The van der Waals surface area contributed by atoms with Gasteiger partial charge in [0, 0.05) is 22.6 Å². The van der Waals surface area contributed by atoms with E-state index in [4.69, 9.17) is 10.9 Å². The predicted octanol–water partition coefficient (Wildman–Crippen LogP) is 2.04. The van der Waals surface area contributed by atoms with Crippen molar-refractivity contribution in [3.63, 3.8) is 0 Å². The number of thiophene rings is 1. The number of carbonyl (C=O) groups is 1. The van der Waals surface area contributed by atoms with E-state index in [0.29, 0.717) is 6.54 Å². The summed E-state index contributed by atoms with van der Waals surface area (Å²) in [5, 5.41) is 14.6. The summed E-state index contributed by atoms with van der Waals surface area (Å²) in [6, 6.07) is 1.98. The molecule has 1 aromatic rings. The number of amidine groups is 1. The predicted molar refractivity (Wildman–Crippen MR) is 83.7 cm³/mol. The fourth-order valence-corrected chi connectivity index (χ4v) is 4.16. The molecular weight excluding hydrogens is 294 g/mol. The molecule has 0 unspecified atom stereocenters. The lowest BCUT2D eigenvalue weighted by atomic mass is 9.92. The molecule has 0 radical (unpaired) electrons. The van der Waals surface area contributed by atoms with Crippen LogP contribution in [-0.4, -0.2) is 29.2 Å². The van der Waals surface area contributed by atoms with Gasteiger partial charge in [-0.1, -0.05) is 19.0 Å². The molecule has 4 N–H and O–H groups in total. The lowest BCUT2D eigenvalue weighted by molar-refractivity contribution is 0.0948. The summed E-state index contributed by atoms with van der Waals surface area (Å²) in [5.41, 5.74) is 6.32. The quantitative estimate of drug-likeness (QED) is 0.343. The maximum absolute atomic E-state index is 12.2. The van der Waals surface area contributed by atoms with Gasteiger partial charge in [0.15, 0.2) is 0 Å². The van der Waals surface area contributed by atoms with E-state index in [9.17, 15) is 4.79 Å². The van der Waals surface area contributed by atoms with Gasteiger partial charge in [0.1, 0.15) is 5.84 Å². The zero-order chi connectivity index (χ0) is 14.8. The van der Waals surface area contributed by atoms with E-state index in [-0.39, 0.29) is 11.7 Å². The van der Waals surface area contributed by atoms with Crippen LogP contribution in [0.1, 0.15) is 34.0 Å². The smallest absolute Gasteiger partial charge is 0.261 e. The van der Waals surface area contributed by atoms with E-state index in [0.717, 1.165) is 22.8 Å². The number of hydrogen-bond donors (Lipinski definition) is 3. The average Bonchev–Trinajstić information content (AvgIpc) is 2.87. The number of nitrogens with two attached hydrogens (primary N) is 1. The van der Waals surface area contributed by atoms with Gasteiger partial charge in [0.25, 0.3) is 5.91 Å². The van der Waals surface area contributed by atoms with Gasteiger partial charge in [0.05, 0.1) is 4.88 Å². The first-order valence-electron chi connectivity index (χ1n) is 6.39. The number of hydrogen-bond acceptors (Lipinski definition) is 5. The van der Waals surface area contributed by atoms with Crippen LogP contribution < -0.4 is 11.1 Å². The normalized spacial score (nSPS) is 15.8. The molecule has 1 aromatic heterocycles. The van der Waals surface area contributed by atoms with E-state index < -0.39 is 5.41 Å². The number of fused-ring (bicyclic) bond motifs is 1. The van der Waals surface area contributed by atoms with Crippen molar-refractivity contribution in [3.05, 3.63) is 21.4 Å². The third kappa shape index (κ3) is 3.27. The average molecular weight is 313 g/mol. The second-order valence-corrected chi connectivity index (χ2v) is 7.66. The molecule has 1 aliphatic rings. The molecule has 0 fully saturated rings. The number of thioether (sulfide) groups is 1. The number of rotatable bonds is 4. The fourth-order valence-electron chi connectivity index (χ4n) is 1.87. The molecule has 0 saturated heterocycles. The maximum atomic E-state index is 12.2. The lowest BCUT2D eigenvalue weighted by Crippen LogP contribution is -2.42. The van der Waals surface area contributed by atoms with Crippen molar-refractivity contribution in [1.82, 2.24) is 5.32 Å². The highest BCUT2D eigenvalue weighted by molar-refractivity contribution is 7.98. The van der Waals surface area contributed by atoms with Gasteiger partial charge in [-0.25, -0.2) is 0 Å². The zero-order valence-corrected chi connectivity index (χ0v) is 13.2. The van der Waals surface area contributed by atoms with E-state index in [1.54, 1.807) is 11.3 Å². The second-order valence-electron chi connectivity index (χ2n) is 5.41. The van der Waals surface area contributed by atoms with Gasteiger partial charge in [-0.15, -0.1) is 11.3 Å². The van der Waals surface area contributed by atoms with Crippen LogP contribution in [0.25, 0.3) is 0 Å². The Labute approximate surface area is 126 Å². The van der Waals surface area contributed by atoms with Crippen molar-refractivity contribution >= 4 is 34.8 Å². The molecule has 0 saturated carbocycles. The summed E-state index contributed by atoms with van der Waals surface area (Å²) in [4.78, 5) is 14.2. The molecule has 2 heterocycles. The highest BCUT2D eigenvalue weighted by Gasteiger charge is 2.25. The van der Waals surface area contributed by atoms with Gasteiger partial charge in [-0.2, -0.15) is 11.8 Å². The van der Waals surface area contributed by atoms with Crippen molar-refractivity contribution in [2.24, 2.45) is 16.3 Å². The Morgan fingerprint density at radius 2 is 2.35 bits per heavy atom. The van der Waals surface area contributed by atoms with Crippen LogP contribution >= 0.6 is 23.1 Å². The molecule has 0 bridgehead atoms. The van der Waals surface area contributed by atoms with Gasteiger partial charge >= 0.3 is 0 Å². The summed E-state index contributed by atoms with van der Waals surface area (Å²) >= 11 is 3.47. The van der Waals surface area contributed by atoms with Crippen molar-refractivity contribution in [3.8, 4) is 0 Å². The SMILES string of the molecule is CC(C)(CNC(=O)c1cc2c(s1)CCSC2)C(N)=NO. The molecule has 20 heavy (non-hydrogen) atoms. The summed E-state index contributed by atoms with van der Waals surface area (Å²) < 4.78 is 0. The highest BCUT2D eigenvalue weighted by Crippen LogP contribution is 2.31. The van der Waals surface area contributed by atoms with Crippen LogP contribution in [0, 0.1) is 5.41 Å². The monoisotopic (exact) mass is 313 g/mol. The summed E-state index contributed by atoms with van der Waals surface area (Å²) in [5.74, 6) is 2.15. The largest absolute Gasteiger partial charge is 0.409 e. The zero-order valence-electron chi connectivity index (χ0n) is 11.6. The van der Waals surface area contributed by atoms with Crippen molar-refractivity contribution in [1.29, 1.82) is 0 Å². The third-order valence-electron chi connectivity index (χ3n) is 3.34. The molecule has 5 nitrogen and oxygen atoms in total. The van der Waals surface area contributed by atoms with Gasteiger partial charge in [-0.05, 0) is 23.8 Å². The molecule has 0 spiro atoms. The molecular formula is C13H19N3O2S2. The Morgan fingerprint density at radius 3 is 3.00 bits per heavy atom. The number of amides is 1. The summed E-state index contributed by atoms with van der Waals surface area (Å²) in [6.07, 6.45) is 1.05. The third-order valence-corrected chi connectivity index (χ3v) is 5.59. The highest BCUT2D eigenvalue weighted by atomic mass is 32.2. The van der Waals surface area contributed by atoms with Crippen LogP contribution in [-0.2, 0) is 12.2 Å². The van der Waals surface area contributed by atoms with Crippen molar-refractivity contribution in [2.75, 3.05) is 12.3 Å². The minimum Gasteiger partial charge on any atom is -0.409 e. The second kappa shape index (κ2) is 6.05. The van der Waals surface area contributed by atoms with Crippen LogP contribution in [0.4, 0.5) is 0 Å². The summed E-state index contributed by atoms with van der Waals surface area (Å²) in [6.45, 7) is 3.97. The number of nitrogens with one attached hydrogen (secondary N) is 1. The topological polar surface area (TPSA) is 87.7 Å². The minimum atomic E-state index is -0.572. The molecule has 0 atom stereocenters. The Morgan fingerprint density at radius 1 is 1.60 bits per heavy atom. The Bertz CT molecular complexity index is 514. The number of carbonyl (C=O) groups excluding carboxylic acids is 1. The van der Waals surface area contributed by atoms with Crippen molar-refractivity contribution in [2.45, 2.75) is 26.0 Å². The maximum Gasteiger partial charge on any atom is 0.261 e. The number of oxime groups is 1. The molecule has 0 aliphatic carbocycles. The van der Waals surface area contributed by atoms with Crippen LogP contribution in [0.15, 0.2) is 11.2 Å². The molecule has 1 amide bonds. The van der Waals surface area contributed by atoms with E-state index in [2.05, 4.69) is 10.5 Å². The summed E-state index contributed by atoms with van der Waals surface area (Å²) in [7, 11) is 0. The van der Waals surface area contributed by atoms with Crippen LogP contribution in [0.5, 0.6) is 0 Å². The molecule has 2 rings (SSSR count). The first kappa shape index (κ1) is 15.2. The molecule has 7 heteroatoms. The number of aryl methyl sites for hydroxylation is 1. The van der Waals surface area contributed by atoms with Crippen LogP contribution in [0.2, 0.25) is 0 Å². The van der Waals surface area contributed by atoms with E-state index >= 15 is 0 Å². The van der Waals surface area contributed by atoms with Gasteiger partial charge in [0.2, 0.25) is 0 Å². The van der Waals surface area contributed by atoms with E-state index in [1.807, 2.05) is 31.7 Å². The number of nitrogens with zero attached hydrogens (tertiary/aromatic N) is 1. The Kier molecular flexibility index (Phi) is 4.59. The van der Waals surface area contributed by atoms with Crippen molar-refractivity contribution < 1.29 is 10.0 Å². The lowest BCUT2D eigenvalue weighted by Gasteiger charge is -2.22. The first-order valence-corrected chi connectivity index (χ1v) is 8.36. The Balaban J connectivity index is 2.00. The van der Waals surface area contributed by atoms with Gasteiger partial charge < -0.3 is 16.3 Å². The van der Waals surface area contributed by atoms with Gasteiger partial charge in [-0.3, -0.25) is 4.79 Å². The van der Waals surface area contributed by atoms with Crippen LogP contribution in [0.3, 0.4) is 0 Å². The standard InChI is InChI=1S/C13H19N3O2S2/c1-13(2,12(14)16-18)7-15-11(17)10-5-8-6-19-4-3-9(8)20-10/h5,18H,3-4,6-7H2,1-2H3,(H2,14,16)(H,15,17). The molecule has 0 aromatic carbocycles. The first-order chi connectivity index (χ1) is 9.44. The minimum absolute atomic E-state index is 0.0896. The molecule has 1 aliphatic heterocycles. The Hall–Kier alpha value is -1.21. The fraction of sp³-hybridized carbons (Fsp3) is 0.538. The molecule has 110 valence electrons.